The Morgan fingerprint density at radius 2 is 1.68 bits per heavy atom. The minimum absolute atomic E-state index is 0.0226. The second kappa shape index (κ2) is 9.18. The summed E-state index contributed by atoms with van der Waals surface area (Å²) in [7, 11) is 0. The van der Waals surface area contributed by atoms with Crippen molar-refractivity contribution in [1.29, 1.82) is 5.26 Å². The molecule has 9 nitrogen and oxygen atoms in total. The zero-order valence-corrected chi connectivity index (χ0v) is 18.9. The molecule has 0 radical (unpaired) electrons. The molecule has 0 aliphatic rings. The largest absolute Gasteiger partial charge is 0.433 e. The van der Waals surface area contributed by atoms with Gasteiger partial charge in [0.15, 0.2) is 5.82 Å². The number of nitrogens with zero attached hydrogens (tertiary/aromatic N) is 6. The normalized spacial score (nSPS) is 12.2. The van der Waals surface area contributed by atoms with Gasteiger partial charge in [0, 0.05) is 18.4 Å². The summed E-state index contributed by atoms with van der Waals surface area (Å²) in [5.74, 6) is -0.0525. The van der Waals surface area contributed by atoms with Crippen LogP contribution in [-0.2, 0) is 11.6 Å². The highest BCUT2D eigenvalue weighted by Crippen LogP contribution is 2.29. The standard InChI is InChI=1S/C22H23F3N8O/c1-20(2,11-26)16-10-13(8-9-27-16)29-19-32-17(31-18(33-19)28-12-21(3,4)34)14-6-5-7-15(30-14)22(23,24)25/h5-10,34H,12H2,1-4H3,(H2,27,28,29,31,32,33). The van der Waals surface area contributed by atoms with Crippen LogP contribution in [0.3, 0.4) is 0 Å². The van der Waals surface area contributed by atoms with Gasteiger partial charge in [-0.3, -0.25) is 4.98 Å². The maximum Gasteiger partial charge on any atom is 0.433 e. The highest BCUT2D eigenvalue weighted by Gasteiger charge is 2.32. The zero-order chi connectivity index (χ0) is 25.1. The molecule has 0 bridgehead atoms. The van der Waals surface area contributed by atoms with Gasteiger partial charge in [0.25, 0.3) is 0 Å². The van der Waals surface area contributed by atoms with Crippen LogP contribution in [0.15, 0.2) is 36.5 Å². The van der Waals surface area contributed by atoms with Gasteiger partial charge in [0.1, 0.15) is 11.4 Å². The van der Waals surface area contributed by atoms with E-state index >= 15 is 0 Å². The molecule has 178 valence electrons. The Balaban J connectivity index is 2.03. The molecule has 0 saturated heterocycles. The van der Waals surface area contributed by atoms with Crippen LogP contribution in [-0.4, -0.2) is 42.2 Å². The Kier molecular flexibility index (Phi) is 6.70. The molecule has 0 aliphatic carbocycles. The van der Waals surface area contributed by atoms with E-state index in [2.05, 4.69) is 41.6 Å². The first-order valence-corrected chi connectivity index (χ1v) is 10.2. The number of aliphatic hydroxyl groups is 1. The fraction of sp³-hybridized carbons (Fsp3) is 0.364. The van der Waals surface area contributed by atoms with E-state index in [1.165, 1.54) is 18.3 Å². The smallest absolute Gasteiger partial charge is 0.389 e. The molecule has 0 aliphatic heterocycles. The number of rotatable bonds is 7. The number of anilines is 3. The minimum atomic E-state index is -4.63. The van der Waals surface area contributed by atoms with Gasteiger partial charge >= 0.3 is 6.18 Å². The van der Waals surface area contributed by atoms with Gasteiger partial charge in [-0.05, 0) is 52.0 Å². The van der Waals surface area contributed by atoms with Crippen molar-refractivity contribution in [2.75, 3.05) is 17.2 Å². The summed E-state index contributed by atoms with van der Waals surface area (Å²) in [5, 5.41) is 25.2. The summed E-state index contributed by atoms with van der Waals surface area (Å²) >= 11 is 0. The van der Waals surface area contributed by atoms with Crippen molar-refractivity contribution < 1.29 is 18.3 Å². The van der Waals surface area contributed by atoms with Crippen molar-refractivity contribution in [3.8, 4) is 17.6 Å². The lowest BCUT2D eigenvalue weighted by Gasteiger charge is -2.18. The molecule has 0 fully saturated rings. The van der Waals surface area contributed by atoms with Crippen LogP contribution in [0.2, 0.25) is 0 Å². The predicted molar refractivity (Wildman–Crippen MR) is 119 cm³/mol. The number of pyridine rings is 2. The van der Waals surface area contributed by atoms with Crippen LogP contribution in [0.5, 0.6) is 0 Å². The van der Waals surface area contributed by atoms with Gasteiger partial charge in [0.05, 0.1) is 22.8 Å². The molecule has 0 spiro atoms. The van der Waals surface area contributed by atoms with E-state index < -0.39 is 22.9 Å². The molecule has 0 atom stereocenters. The van der Waals surface area contributed by atoms with Gasteiger partial charge in [-0.25, -0.2) is 4.98 Å². The maximum atomic E-state index is 13.1. The van der Waals surface area contributed by atoms with Crippen LogP contribution in [0.25, 0.3) is 11.5 Å². The van der Waals surface area contributed by atoms with Crippen LogP contribution in [0.4, 0.5) is 30.8 Å². The number of halogens is 3. The van der Waals surface area contributed by atoms with E-state index in [-0.39, 0.29) is 30.0 Å². The average molecular weight is 472 g/mol. The maximum absolute atomic E-state index is 13.1. The molecule has 0 unspecified atom stereocenters. The molecule has 0 aromatic carbocycles. The van der Waals surface area contributed by atoms with Crippen molar-refractivity contribution >= 4 is 17.6 Å². The fourth-order valence-corrected chi connectivity index (χ4v) is 2.67. The Morgan fingerprint density at radius 3 is 2.32 bits per heavy atom. The van der Waals surface area contributed by atoms with Crippen molar-refractivity contribution in [3.63, 3.8) is 0 Å². The molecule has 0 amide bonds. The molecular formula is C22H23F3N8O. The van der Waals surface area contributed by atoms with E-state index in [4.69, 9.17) is 0 Å². The summed E-state index contributed by atoms with van der Waals surface area (Å²) in [6.45, 7) is 6.66. The molecule has 3 aromatic heterocycles. The molecule has 0 saturated carbocycles. The average Bonchev–Trinajstić information content (AvgIpc) is 2.77. The first kappa shape index (κ1) is 24.8. The number of alkyl halides is 3. The lowest BCUT2D eigenvalue weighted by atomic mass is 9.91. The number of hydrogen-bond acceptors (Lipinski definition) is 9. The molecule has 3 aromatic rings. The summed E-state index contributed by atoms with van der Waals surface area (Å²) in [4.78, 5) is 20.5. The summed E-state index contributed by atoms with van der Waals surface area (Å²) in [5.41, 5.74) is -2.11. The second-order valence-corrected chi connectivity index (χ2v) is 8.67. The van der Waals surface area contributed by atoms with E-state index in [1.807, 2.05) is 0 Å². The van der Waals surface area contributed by atoms with Gasteiger partial charge in [-0.2, -0.15) is 33.4 Å². The van der Waals surface area contributed by atoms with Crippen molar-refractivity contribution in [1.82, 2.24) is 24.9 Å². The van der Waals surface area contributed by atoms with Crippen LogP contribution in [0, 0.1) is 11.3 Å². The first-order valence-electron chi connectivity index (χ1n) is 10.2. The number of nitrogens with one attached hydrogen (secondary N) is 2. The lowest BCUT2D eigenvalue weighted by Crippen LogP contribution is -2.30. The topological polar surface area (TPSA) is 133 Å². The summed E-state index contributed by atoms with van der Waals surface area (Å²) in [6.07, 6.45) is -3.12. The summed E-state index contributed by atoms with van der Waals surface area (Å²) < 4.78 is 39.4. The fourth-order valence-electron chi connectivity index (χ4n) is 2.67. The van der Waals surface area contributed by atoms with Crippen molar-refractivity contribution in [3.05, 3.63) is 47.9 Å². The Hall–Kier alpha value is -3.85. The van der Waals surface area contributed by atoms with Gasteiger partial charge in [-0.15, -0.1) is 0 Å². The predicted octanol–water partition coefficient (Wildman–Crippen LogP) is 4.07. The Morgan fingerprint density at radius 1 is 0.971 bits per heavy atom. The van der Waals surface area contributed by atoms with E-state index in [0.29, 0.717) is 11.4 Å². The van der Waals surface area contributed by atoms with E-state index in [0.717, 1.165) is 6.07 Å². The third-order valence-electron chi connectivity index (χ3n) is 4.52. The van der Waals surface area contributed by atoms with Crippen LogP contribution in [0.1, 0.15) is 39.1 Å². The molecule has 3 N–H and O–H groups in total. The molecule has 34 heavy (non-hydrogen) atoms. The Bertz CT molecular complexity index is 1220. The van der Waals surface area contributed by atoms with Crippen LogP contribution >= 0.6 is 0 Å². The third kappa shape index (κ3) is 6.35. The van der Waals surface area contributed by atoms with Crippen molar-refractivity contribution in [2.45, 2.75) is 44.9 Å². The first-order chi connectivity index (χ1) is 15.8. The monoisotopic (exact) mass is 472 g/mol. The highest BCUT2D eigenvalue weighted by atomic mass is 19.4. The third-order valence-corrected chi connectivity index (χ3v) is 4.52. The number of hydrogen-bond donors (Lipinski definition) is 3. The van der Waals surface area contributed by atoms with Gasteiger partial charge < -0.3 is 15.7 Å². The Labute approximate surface area is 194 Å². The molecule has 12 heteroatoms. The molecule has 3 heterocycles. The van der Waals surface area contributed by atoms with Gasteiger partial charge in [-0.1, -0.05) is 6.07 Å². The number of nitriles is 1. The van der Waals surface area contributed by atoms with E-state index in [9.17, 15) is 23.5 Å². The highest BCUT2D eigenvalue weighted by molar-refractivity contribution is 5.59. The quantitative estimate of drug-likeness (QED) is 0.465. The second-order valence-electron chi connectivity index (χ2n) is 8.67. The number of aromatic nitrogens is 5. The SMILES string of the molecule is CC(C)(O)CNc1nc(Nc2ccnc(C(C)(C)C#N)c2)nc(-c2cccc(C(F)(F)F)n2)n1. The zero-order valence-electron chi connectivity index (χ0n) is 18.9. The molecule has 3 rings (SSSR count). The minimum Gasteiger partial charge on any atom is -0.389 e. The summed E-state index contributed by atoms with van der Waals surface area (Å²) in [6, 6.07) is 8.88. The van der Waals surface area contributed by atoms with E-state index in [1.54, 1.807) is 39.8 Å². The van der Waals surface area contributed by atoms with Crippen LogP contribution < -0.4 is 10.6 Å². The lowest BCUT2D eigenvalue weighted by molar-refractivity contribution is -0.141. The molecular weight excluding hydrogens is 449 g/mol. The van der Waals surface area contributed by atoms with Crippen molar-refractivity contribution in [2.24, 2.45) is 0 Å². The van der Waals surface area contributed by atoms with Gasteiger partial charge in [0.2, 0.25) is 11.9 Å².